The molecule has 152 valence electrons. The number of pyridine rings is 1. The van der Waals surface area contributed by atoms with Gasteiger partial charge in [0, 0.05) is 24.5 Å². The molecule has 1 aromatic carbocycles. The Labute approximate surface area is 175 Å². The Balaban J connectivity index is 1.75. The molecule has 1 saturated carbocycles. The maximum Gasteiger partial charge on any atom is 0.223 e. The number of carbonyl (C=O) groups excluding carboxylic acids is 3. The summed E-state index contributed by atoms with van der Waals surface area (Å²) < 4.78 is 0. The van der Waals surface area contributed by atoms with Gasteiger partial charge in [0.1, 0.15) is 11.7 Å². The number of hydrogen-bond acceptors (Lipinski definition) is 4. The minimum absolute atomic E-state index is 0.0924. The van der Waals surface area contributed by atoms with E-state index in [4.69, 9.17) is 11.6 Å². The molecule has 3 rings (SSSR count). The topological polar surface area (TPSA) is 76.1 Å². The third kappa shape index (κ3) is 4.25. The second-order valence-electron chi connectivity index (χ2n) is 7.86. The zero-order chi connectivity index (χ0) is 21.3. The number of Topliss-reactive ketones (excluding diaryl/α,β-unsaturated/α-hetero) is 2. The van der Waals surface area contributed by atoms with Crippen molar-refractivity contribution in [2.75, 3.05) is 0 Å². The number of nitrogens with one attached hydrogen (secondary N) is 1. The van der Waals surface area contributed by atoms with E-state index in [9.17, 15) is 14.4 Å². The van der Waals surface area contributed by atoms with Crippen LogP contribution in [0.1, 0.15) is 47.2 Å². The van der Waals surface area contributed by atoms with Crippen molar-refractivity contribution in [1.82, 2.24) is 10.3 Å². The number of rotatable bonds is 5. The van der Waals surface area contributed by atoms with Gasteiger partial charge in [-0.3, -0.25) is 19.4 Å². The van der Waals surface area contributed by atoms with Crippen molar-refractivity contribution in [3.63, 3.8) is 0 Å². The summed E-state index contributed by atoms with van der Waals surface area (Å²) in [4.78, 5) is 42.7. The van der Waals surface area contributed by atoms with Crippen molar-refractivity contribution < 1.29 is 14.4 Å². The Kier molecular flexibility index (Phi) is 6.18. The third-order valence-electron chi connectivity index (χ3n) is 5.70. The van der Waals surface area contributed by atoms with Crippen LogP contribution >= 0.6 is 11.6 Å². The van der Waals surface area contributed by atoms with Crippen molar-refractivity contribution in [3.05, 3.63) is 63.4 Å². The number of ketones is 2. The molecule has 1 aromatic heterocycles. The van der Waals surface area contributed by atoms with Gasteiger partial charge in [0.25, 0.3) is 0 Å². The minimum atomic E-state index is -0.777. The first kappa shape index (κ1) is 21.2. The number of aromatic nitrogens is 1. The molecule has 1 heterocycles. The Morgan fingerprint density at radius 2 is 1.90 bits per heavy atom. The average molecular weight is 413 g/mol. The van der Waals surface area contributed by atoms with E-state index in [1.807, 2.05) is 32.9 Å². The summed E-state index contributed by atoms with van der Waals surface area (Å²) >= 11 is 6.07. The minimum Gasteiger partial charge on any atom is -0.350 e. The largest absolute Gasteiger partial charge is 0.350 e. The summed E-state index contributed by atoms with van der Waals surface area (Å²) in [7, 11) is 0. The Morgan fingerprint density at radius 1 is 1.24 bits per heavy atom. The third-order valence-corrected chi connectivity index (χ3v) is 6.05. The highest BCUT2D eigenvalue weighted by molar-refractivity contribution is 6.31. The van der Waals surface area contributed by atoms with Crippen LogP contribution in [0.25, 0.3) is 0 Å². The molecule has 29 heavy (non-hydrogen) atoms. The smallest absolute Gasteiger partial charge is 0.223 e. The molecule has 0 bridgehead atoms. The summed E-state index contributed by atoms with van der Waals surface area (Å²) in [5, 5.41) is 3.26. The van der Waals surface area contributed by atoms with Crippen LogP contribution in [0.3, 0.4) is 0 Å². The number of carbonyl (C=O) groups is 3. The molecule has 1 aliphatic carbocycles. The molecule has 5 nitrogen and oxygen atoms in total. The molecule has 1 N–H and O–H groups in total. The Hall–Kier alpha value is -2.53. The molecule has 1 fully saturated rings. The highest BCUT2D eigenvalue weighted by Gasteiger charge is 2.46. The Bertz CT molecular complexity index is 963. The summed E-state index contributed by atoms with van der Waals surface area (Å²) in [5.41, 5.74) is 4.33. The van der Waals surface area contributed by atoms with Crippen LogP contribution in [-0.4, -0.2) is 22.5 Å². The molecule has 3 unspecified atom stereocenters. The molecule has 0 aliphatic heterocycles. The van der Waals surface area contributed by atoms with Gasteiger partial charge in [0.05, 0.1) is 17.3 Å². The second kappa shape index (κ2) is 8.46. The van der Waals surface area contributed by atoms with E-state index in [-0.39, 0.29) is 30.4 Å². The fourth-order valence-electron chi connectivity index (χ4n) is 4.24. The standard InChI is InChI=1S/C23H25ClN2O3/c1-12-8-13(2)20(14(3)9-12)21-19(27)10-16(22(21)28)15(4)23(29)26-11-18-17(24)6-5-7-25-18/h5-9,15-16,21H,10-11H2,1-4H3,(H,26,29). The quantitative estimate of drug-likeness (QED) is 0.756. The van der Waals surface area contributed by atoms with Gasteiger partial charge in [-0.15, -0.1) is 0 Å². The molecular weight excluding hydrogens is 388 g/mol. The van der Waals surface area contributed by atoms with Crippen molar-refractivity contribution in [2.45, 2.75) is 46.6 Å². The fourth-order valence-corrected chi connectivity index (χ4v) is 4.43. The maximum absolute atomic E-state index is 13.1. The van der Waals surface area contributed by atoms with E-state index >= 15 is 0 Å². The molecule has 1 amide bonds. The van der Waals surface area contributed by atoms with E-state index in [1.165, 1.54) is 0 Å². The number of aryl methyl sites for hydroxylation is 3. The van der Waals surface area contributed by atoms with Gasteiger partial charge in [0.15, 0.2) is 5.78 Å². The van der Waals surface area contributed by atoms with Crippen LogP contribution in [0.15, 0.2) is 30.5 Å². The van der Waals surface area contributed by atoms with Crippen LogP contribution in [0.2, 0.25) is 5.02 Å². The monoisotopic (exact) mass is 412 g/mol. The van der Waals surface area contributed by atoms with Crippen LogP contribution in [0, 0.1) is 32.6 Å². The number of hydrogen-bond donors (Lipinski definition) is 1. The summed E-state index contributed by atoms with van der Waals surface area (Å²) in [6, 6.07) is 7.40. The lowest BCUT2D eigenvalue weighted by atomic mass is 9.84. The van der Waals surface area contributed by atoms with E-state index < -0.39 is 17.8 Å². The number of halogens is 1. The van der Waals surface area contributed by atoms with Crippen LogP contribution < -0.4 is 5.32 Å². The number of amides is 1. The van der Waals surface area contributed by atoms with Gasteiger partial charge >= 0.3 is 0 Å². The van der Waals surface area contributed by atoms with E-state index in [0.717, 1.165) is 22.3 Å². The van der Waals surface area contributed by atoms with Crippen molar-refractivity contribution in [2.24, 2.45) is 11.8 Å². The lowest BCUT2D eigenvalue weighted by Gasteiger charge is -2.19. The first-order valence-electron chi connectivity index (χ1n) is 9.72. The van der Waals surface area contributed by atoms with E-state index in [2.05, 4.69) is 10.3 Å². The van der Waals surface area contributed by atoms with Crippen LogP contribution in [0.4, 0.5) is 0 Å². The number of benzene rings is 1. The molecule has 2 aromatic rings. The predicted octanol–water partition coefficient (Wildman–Crippen LogP) is 3.85. The van der Waals surface area contributed by atoms with Crippen LogP contribution in [-0.2, 0) is 20.9 Å². The van der Waals surface area contributed by atoms with Gasteiger partial charge in [-0.2, -0.15) is 0 Å². The molecule has 0 spiro atoms. The first-order valence-corrected chi connectivity index (χ1v) is 10.1. The SMILES string of the molecule is Cc1cc(C)c(C2C(=O)CC(C(C)C(=O)NCc3ncccc3Cl)C2=O)c(C)c1. The second-order valence-corrected chi connectivity index (χ2v) is 8.27. The zero-order valence-electron chi connectivity index (χ0n) is 17.1. The van der Waals surface area contributed by atoms with Gasteiger partial charge in [0.2, 0.25) is 5.91 Å². The molecule has 3 atom stereocenters. The summed E-state index contributed by atoms with van der Waals surface area (Å²) in [5.74, 6) is -2.56. The van der Waals surface area contributed by atoms with Crippen molar-refractivity contribution in [3.8, 4) is 0 Å². The van der Waals surface area contributed by atoms with Gasteiger partial charge in [-0.1, -0.05) is 36.2 Å². The normalized spacial score (nSPS) is 20.0. The van der Waals surface area contributed by atoms with E-state index in [1.54, 1.807) is 25.3 Å². The summed E-state index contributed by atoms with van der Waals surface area (Å²) in [6.07, 6.45) is 1.70. The molecule has 1 aliphatic rings. The summed E-state index contributed by atoms with van der Waals surface area (Å²) in [6.45, 7) is 7.72. The first-order chi connectivity index (χ1) is 13.7. The van der Waals surface area contributed by atoms with Gasteiger partial charge < -0.3 is 5.32 Å². The maximum atomic E-state index is 13.1. The van der Waals surface area contributed by atoms with Crippen LogP contribution in [0.5, 0.6) is 0 Å². The molecular formula is C23H25ClN2O3. The average Bonchev–Trinajstić information content (AvgIpc) is 2.94. The van der Waals surface area contributed by atoms with E-state index in [0.29, 0.717) is 10.7 Å². The molecule has 6 heteroatoms. The van der Waals surface area contributed by atoms with Crippen molar-refractivity contribution in [1.29, 1.82) is 0 Å². The van der Waals surface area contributed by atoms with Gasteiger partial charge in [-0.25, -0.2) is 0 Å². The fraction of sp³-hybridized carbons (Fsp3) is 0.391. The van der Waals surface area contributed by atoms with Gasteiger partial charge in [-0.05, 0) is 49.6 Å². The lowest BCUT2D eigenvalue weighted by molar-refractivity contribution is -0.132. The highest BCUT2D eigenvalue weighted by Crippen LogP contribution is 2.39. The predicted molar refractivity (Wildman–Crippen MR) is 112 cm³/mol. The molecule has 0 saturated heterocycles. The zero-order valence-corrected chi connectivity index (χ0v) is 17.8. The van der Waals surface area contributed by atoms with Crippen molar-refractivity contribution >= 4 is 29.1 Å². The molecule has 0 radical (unpaired) electrons. The Morgan fingerprint density at radius 3 is 2.52 bits per heavy atom. The highest BCUT2D eigenvalue weighted by atomic mass is 35.5. The number of nitrogens with zero attached hydrogens (tertiary/aromatic N) is 1. The lowest BCUT2D eigenvalue weighted by Crippen LogP contribution is -2.35.